The van der Waals surface area contributed by atoms with Crippen LogP contribution in [-0.2, 0) is 6.54 Å². The summed E-state index contributed by atoms with van der Waals surface area (Å²) in [5.41, 5.74) is 0.943. The average molecular weight is 333 g/mol. The highest BCUT2D eigenvalue weighted by Crippen LogP contribution is 2.30. The summed E-state index contributed by atoms with van der Waals surface area (Å²) in [6, 6.07) is 14.6. The summed E-state index contributed by atoms with van der Waals surface area (Å²) >= 11 is 5.91. The lowest BCUT2D eigenvalue weighted by atomic mass is 10.2. The summed E-state index contributed by atoms with van der Waals surface area (Å²) in [4.78, 5) is 11.8. The van der Waals surface area contributed by atoms with Gasteiger partial charge in [-0.25, -0.2) is 4.79 Å². The van der Waals surface area contributed by atoms with E-state index < -0.39 is 0 Å². The summed E-state index contributed by atoms with van der Waals surface area (Å²) in [6.45, 7) is 1.19. The maximum atomic E-state index is 11.8. The van der Waals surface area contributed by atoms with Gasteiger partial charge in [-0.1, -0.05) is 35.9 Å². The molecule has 0 aromatic heterocycles. The Kier molecular flexibility index (Phi) is 4.88. The second-order valence-corrected chi connectivity index (χ2v) is 5.63. The Labute approximate surface area is 139 Å². The van der Waals surface area contributed by atoms with E-state index in [4.69, 9.17) is 21.1 Å². The Balaban J connectivity index is 1.43. The van der Waals surface area contributed by atoms with E-state index in [9.17, 15) is 4.79 Å². The number of para-hydroxylation sites is 2. The van der Waals surface area contributed by atoms with Gasteiger partial charge < -0.3 is 20.1 Å². The fraction of sp³-hybridized carbons (Fsp3) is 0.235. The number of halogens is 1. The van der Waals surface area contributed by atoms with E-state index in [1.807, 2.05) is 42.5 Å². The molecule has 0 radical (unpaired) electrons. The minimum Gasteiger partial charge on any atom is -0.486 e. The second kappa shape index (κ2) is 7.24. The van der Waals surface area contributed by atoms with Gasteiger partial charge in [0.1, 0.15) is 6.61 Å². The lowest BCUT2D eigenvalue weighted by Crippen LogP contribution is -2.44. The highest BCUT2D eigenvalue weighted by molar-refractivity contribution is 6.30. The van der Waals surface area contributed by atoms with Crippen LogP contribution in [0, 0.1) is 0 Å². The molecule has 2 aromatic rings. The Bertz CT molecular complexity index is 693. The van der Waals surface area contributed by atoms with Crippen molar-refractivity contribution in [3.63, 3.8) is 0 Å². The monoisotopic (exact) mass is 332 g/mol. The molecule has 2 aromatic carbocycles. The van der Waals surface area contributed by atoms with Crippen LogP contribution in [0.2, 0.25) is 5.02 Å². The number of rotatable bonds is 4. The SMILES string of the molecule is O=C(NCc1cccc(Cl)c1)NCC1COc2ccccc2O1. The molecule has 0 aliphatic carbocycles. The van der Waals surface area contributed by atoms with Gasteiger partial charge in [0, 0.05) is 11.6 Å². The molecule has 0 saturated carbocycles. The van der Waals surface area contributed by atoms with E-state index >= 15 is 0 Å². The fourth-order valence-corrected chi connectivity index (χ4v) is 2.47. The molecule has 0 bridgehead atoms. The molecule has 120 valence electrons. The van der Waals surface area contributed by atoms with E-state index in [0.29, 0.717) is 30.5 Å². The quantitative estimate of drug-likeness (QED) is 0.905. The molecule has 0 fully saturated rings. The van der Waals surface area contributed by atoms with Gasteiger partial charge in [0.2, 0.25) is 0 Å². The first kappa shape index (κ1) is 15.5. The number of urea groups is 1. The van der Waals surface area contributed by atoms with Crippen molar-refractivity contribution in [3.05, 3.63) is 59.1 Å². The van der Waals surface area contributed by atoms with E-state index in [-0.39, 0.29) is 12.1 Å². The molecule has 0 saturated heterocycles. The van der Waals surface area contributed by atoms with Crippen molar-refractivity contribution in [2.45, 2.75) is 12.6 Å². The summed E-state index contributed by atoms with van der Waals surface area (Å²) in [7, 11) is 0. The molecular weight excluding hydrogens is 316 g/mol. The number of fused-ring (bicyclic) bond motifs is 1. The number of amides is 2. The number of nitrogens with one attached hydrogen (secondary N) is 2. The largest absolute Gasteiger partial charge is 0.486 e. The van der Waals surface area contributed by atoms with Crippen LogP contribution in [0.25, 0.3) is 0 Å². The van der Waals surface area contributed by atoms with Gasteiger partial charge >= 0.3 is 6.03 Å². The van der Waals surface area contributed by atoms with Crippen LogP contribution in [0.4, 0.5) is 4.79 Å². The minimum atomic E-state index is -0.257. The van der Waals surface area contributed by atoms with Crippen LogP contribution in [0.5, 0.6) is 11.5 Å². The van der Waals surface area contributed by atoms with Crippen LogP contribution >= 0.6 is 11.6 Å². The number of hydrogen-bond acceptors (Lipinski definition) is 3. The van der Waals surface area contributed by atoms with Crippen LogP contribution < -0.4 is 20.1 Å². The first-order valence-corrected chi connectivity index (χ1v) is 7.73. The van der Waals surface area contributed by atoms with Crippen molar-refractivity contribution in [3.8, 4) is 11.5 Å². The summed E-state index contributed by atoms with van der Waals surface area (Å²) in [5.74, 6) is 1.43. The zero-order valence-electron chi connectivity index (χ0n) is 12.4. The second-order valence-electron chi connectivity index (χ2n) is 5.19. The van der Waals surface area contributed by atoms with Gasteiger partial charge in [-0.3, -0.25) is 0 Å². The molecule has 2 amide bonds. The molecule has 1 heterocycles. The Morgan fingerprint density at radius 3 is 2.78 bits per heavy atom. The molecule has 6 heteroatoms. The predicted octanol–water partition coefficient (Wildman–Crippen LogP) is 2.98. The average Bonchev–Trinajstić information content (AvgIpc) is 2.58. The molecule has 5 nitrogen and oxygen atoms in total. The lowest BCUT2D eigenvalue weighted by molar-refractivity contribution is 0.0918. The van der Waals surface area contributed by atoms with Gasteiger partial charge in [-0.05, 0) is 29.8 Å². The molecule has 23 heavy (non-hydrogen) atoms. The van der Waals surface area contributed by atoms with Crippen molar-refractivity contribution in [1.82, 2.24) is 10.6 Å². The van der Waals surface area contributed by atoms with Crippen LogP contribution in [0.3, 0.4) is 0 Å². The number of carbonyl (C=O) groups is 1. The highest BCUT2D eigenvalue weighted by atomic mass is 35.5. The normalized spacial score (nSPS) is 15.8. The predicted molar refractivity (Wildman–Crippen MR) is 88.0 cm³/mol. The van der Waals surface area contributed by atoms with Crippen molar-refractivity contribution >= 4 is 17.6 Å². The Morgan fingerprint density at radius 2 is 1.96 bits per heavy atom. The summed E-state index contributed by atoms with van der Waals surface area (Å²) in [6.07, 6.45) is -0.207. The molecular formula is C17H17ClN2O3. The number of carbonyl (C=O) groups excluding carboxylic acids is 1. The third-order valence-electron chi connectivity index (χ3n) is 3.40. The maximum Gasteiger partial charge on any atom is 0.315 e. The molecule has 2 N–H and O–H groups in total. The number of hydrogen-bond donors (Lipinski definition) is 2. The highest BCUT2D eigenvalue weighted by Gasteiger charge is 2.20. The van der Waals surface area contributed by atoms with Crippen molar-refractivity contribution in [1.29, 1.82) is 0 Å². The van der Waals surface area contributed by atoms with Gasteiger partial charge in [-0.2, -0.15) is 0 Å². The van der Waals surface area contributed by atoms with E-state index in [0.717, 1.165) is 11.3 Å². The fourth-order valence-electron chi connectivity index (χ4n) is 2.26. The molecule has 1 atom stereocenters. The van der Waals surface area contributed by atoms with Crippen molar-refractivity contribution < 1.29 is 14.3 Å². The zero-order chi connectivity index (χ0) is 16.1. The molecule has 3 rings (SSSR count). The third kappa shape index (κ3) is 4.29. The standard InChI is InChI=1S/C17H17ClN2O3/c18-13-5-3-4-12(8-13)9-19-17(21)20-10-14-11-22-15-6-1-2-7-16(15)23-14/h1-8,14H,9-11H2,(H2,19,20,21). The smallest absolute Gasteiger partial charge is 0.315 e. The van der Waals surface area contributed by atoms with Gasteiger partial charge in [-0.15, -0.1) is 0 Å². The van der Waals surface area contributed by atoms with E-state index in [1.54, 1.807) is 6.07 Å². The van der Waals surface area contributed by atoms with Gasteiger partial charge in [0.25, 0.3) is 0 Å². The minimum absolute atomic E-state index is 0.207. The van der Waals surface area contributed by atoms with E-state index in [2.05, 4.69) is 10.6 Å². The zero-order valence-corrected chi connectivity index (χ0v) is 13.2. The van der Waals surface area contributed by atoms with Crippen molar-refractivity contribution in [2.75, 3.05) is 13.2 Å². The first-order chi connectivity index (χ1) is 11.2. The molecule has 1 unspecified atom stereocenters. The van der Waals surface area contributed by atoms with Crippen LogP contribution in [0.15, 0.2) is 48.5 Å². The number of benzene rings is 2. The summed E-state index contributed by atoms with van der Waals surface area (Å²) < 4.78 is 11.4. The van der Waals surface area contributed by atoms with Crippen LogP contribution in [0.1, 0.15) is 5.56 Å². The summed E-state index contributed by atoms with van der Waals surface area (Å²) in [5, 5.41) is 6.21. The maximum absolute atomic E-state index is 11.8. The Hall–Kier alpha value is -2.40. The van der Waals surface area contributed by atoms with E-state index in [1.165, 1.54) is 0 Å². The first-order valence-electron chi connectivity index (χ1n) is 7.35. The third-order valence-corrected chi connectivity index (χ3v) is 3.64. The molecule has 1 aliphatic heterocycles. The van der Waals surface area contributed by atoms with Gasteiger partial charge in [0.05, 0.1) is 6.54 Å². The lowest BCUT2D eigenvalue weighted by Gasteiger charge is -2.26. The van der Waals surface area contributed by atoms with Crippen LogP contribution in [-0.4, -0.2) is 25.3 Å². The van der Waals surface area contributed by atoms with Gasteiger partial charge in [0.15, 0.2) is 17.6 Å². The molecule has 1 aliphatic rings. The Morgan fingerprint density at radius 1 is 1.13 bits per heavy atom. The topological polar surface area (TPSA) is 59.6 Å². The van der Waals surface area contributed by atoms with Crippen molar-refractivity contribution in [2.24, 2.45) is 0 Å². The molecule has 0 spiro atoms. The number of ether oxygens (including phenoxy) is 2.